The molecule has 0 bridgehead atoms. The van der Waals surface area contributed by atoms with Crippen LogP contribution in [-0.4, -0.2) is 40.8 Å². The van der Waals surface area contributed by atoms with Gasteiger partial charge in [-0.3, -0.25) is 0 Å². The molecule has 0 aliphatic carbocycles. The van der Waals surface area contributed by atoms with Gasteiger partial charge in [0.1, 0.15) is 0 Å². The Morgan fingerprint density at radius 2 is 1.64 bits per heavy atom. The lowest BCUT2D eigenvalue weighted by molar-refractivity contribution is 0.351. The summed E-state index contributed by atoms with van der Waals surface area (Å²) in [5.41, 5.74) is 6.38. The van der Waals surface area contributed by atoms with E-state index in [4.69, 9.17) is 0 Å². The van der Waals surface area contributed by atoms with E-state index >= 15 is 0 Å². The van der Waals surface area contributed by atoms with Crippen molar-refractivity contribution in [3.8, 4) is 0 Å². The second kappa shape index (κ2) is 8.12. The van der Waals surface area contributed by atoms with E-state index < -0.39 is 16.1 Å². The number of benzene rings is 1. The summed E-state index contributed by atoms with van der Waals surface area (Å²) in [7, 11) is 1.85. The molecule has 1 unspecified atom stereocenters. The van der Waals surface area contributed by atoms with E-state index in [9.17, 15) is 0 Å². The third kappa shape index (κ3) is 6.09. The van der Waals surface area contributed by atoms with Crippen LogP contribution in [0.1, 0.15) is 12.8 Å². The summed E-state index contributed by atoms with van der Waals surface area (Å²) in [6.07, 6.45) is 4.57. The van der Waals surface area contributed by atoms with E-state index in [1.165, 1.54) is 6.42 Å². The Kier molecular flexibility index (Phi) is 7.08. The van der Waals surface area contributed by atoms with Crippen LogP contribution in [-0.2, 0) is 0 Å². The number of hydrogen-bond acceptors (Lipinski definition) is 1. The van der Waals surface area contributed by atoms with E-state index in [1.807, 2.05) is 0 Å². The SMILES string of the molecule is CN(C)C(CCC=C=C[Si](C)(C)C)[Si](C)(C)c1ccccc1. The highest BCUT2D eigenvalue weighted by Gasteiger charge is 2.34. The second-order valence-corrected chi connectivity index (χ2v) is 17.7. The highest BCUT2D eigenvalue weighted by atomic mass is 28.3. The highest BCUT2D eigenvalue weighted by molar-refractivity contribution is 6.91. The van der Waals surface area contributed by atoms with Crippen molar-refractivity contribution < 1.29 is 0 Å². The van der Waals surface area contributed by atoms with Gasteiger partial charge in [0.2, 0.25) is 0 Å². The predicted octanol–water partition coefficient (Wildman–Crippen LogP) is 4.44. The standard InChI is InChI=1S/C19H33NSi2/c1-20(2)19(16-12-9-13-17-21(3,4)5)22(6,7)18-14-10-8-11-15-18/h8-11,14-15,17,19H,12,16H2,1-7H3. The molecule has 1 atom stereocenters. The van der Waals surface area contributed by atoms with Crippen LogP contribution in [0.2, 0.25) is 32.7 Å². The fraction of sp³-hybridized carbons (Fsp3) is 0.526. The molecule has 0 aliphatic heterocycles. The third-order valence-corrected chi connectivity index (χ3v) is 9.52. The minimum Gasteiger partial charge on any atom is -0.309 e. The van der Waals surface area contributed by atoms with Gasteiger partial charge in [0, 0.05) is 5.67 Å². The zero-order valence-corrected chi connectivity index (χ0v) is 17.5. The van der Waals surface area contributed by atoms with Gasteiger partial charge in [-0.1, -0.05) is 74.0 Å². The minimum atomic E-state index is -1.49. The molecule has 1 aromatic rings. The molecule has 0 aliphatic rings. The van der Waals surface area contributed by atoms with Gasteiger partial charge >= 0.3 is 0 Å². The summed E-state index contributed by atoms with van der Waals surface area (Å²) in [6.45, 7) is 12.0. The topological polar surface area (TPSA) is 3.24 Å². The molecule has 0 heterocycles. The first-order chi connectivity index (χ1) is 10.1. The lowest BCUT2D eigenvalue weighted by Crippen LogP contribution is -2.58. The molecule has 0 N–H and O–H groups in total. The number of hydrogen-bond donors (Lipinski definition) is 0. The van der Waals surface area contributed by atoms with E-state index in [2.05, 4.69) is 99.6 Å². The van der Waals surface area contributed by atoms with Gasteiger partial charge < -0.3 is 4.90 Å². The molecule has 0 fully saturated rings. The summed E-state index contributed by atoms with van der Waals surface area (Å²) in [6, 6.07) is 11.1. The Morgan fingerprint density at radius 3 is 2.14 bits per heavy atom. The van der Waals surface area contributed by atoms with Crippen LogP contribution in [0.15, 0.2) is 47.8 Å². The molecule has 0 saturated carbocycles. The van der Waals surface area contributed by atoms with Crippen molar-refractivity contribution in [1.82, 2.24) is 4.90 Å². The number of allylic oxidation sites excluding steroid dienone is 1. The van der Waals surface area contributed by atoms with Crippen molar-refractivity contribution in [1.29, 1.82) is 0 Å². The van der Waals surface area contributed by atoms with E-state index in [0.29, 0.717) is 5.67 Å². The molecular formula is C19H33NSi2. The van der Waals surface area contributed by atoms with Crippen molar-refractivity contribution in [3.63, 3.8) is 0 Å². The Bertz CT molecular complexity index is 506. The molecule has 22 heavy (non-hydrogen) atoms. The third-order valence-electron chi connectivity index (χ3n) is 4.19. The molecule has 0 radical (unpaired) electrons. The van der Waals surface area contributed by atoms with Crippen LogP contribution in [0.25, 0.3) is 0 Å². The molecule has 1 rings (SSSR count). The van der Waals surface area contributed by atoms with Gasteiger partial charge in [-0.05, 0) is 33.0 Å². The molecule has 0 aromatic heterocycles. The minimum absolute atomic E-state index is 0.653. The van der Waals surface area contributed by atoms with E-state index in [-0.39, 0.29) is 0 Å². The molecule has 0 spiro atoms. The van der Waals surface area contributed by atoms with Crippen molar-refractivity contribution >= 4 is 21.3 Å². The Hall–Kier alpha value is -0.866. The van der Waals surface area contributed by atoms with Crippen molar-refractivity contribution in [2.45, 2.75) is 51.2 Å². The summed E-state index contributed by atoms with van der Waals surface area (Å²) in [5.74, 6) is 0. The number of rotatable bonds is 7. The maximum atomic E-state index is 3.42. The van der Waals surface area contributed by atoms with E-state index in [0.717, 1.165) is 6.42 Å². The van der Waals surface area contributed by atoms with Gasteiger partial charge in [0.05, 0.1) is 16.1 Å². The van der Waals surface area contributed by atoms with Crippen LogP contribution in [0, 0.1) is 0 Å². The Balaban J connectivity index is 2.80. The fourth-order valence-electron chi connectivity index (χ4n) is 2.96. The van der Waals surface area contributed by atoms with Crippen LogP contribution < -0.4 is 5.19 Å². The monoisotopic (exact) mass is 331 g/mol. The maximum absolute atomic E-state index is 3.42. The largest absolute Gasteiger partial charge is 0.309 e. The van der Waals surface area contributed by atoms with Crippen molar-refractivity contribution in [3.05, 3.63) is 47.8 Å². The smallest absolute Gasteiger partial charge is 0.0986 e. The normalized spacial score (nSPS) is 13.6. The van der Waals surface area contributed by atoms with Gasteiger partial charge in [0.25, 0.3) is 0 Å². The maximum Gasteiger partial charge on any atom is 0.0986 e. The summed E-state index contributed by atoms with van der Waals surface area (Å²) < 4.78 is 0. The molecule has 122 valence electrons. The van der Waals surface area contributed by atoms with Crippen molar-refractivity contribution in [2.75, 3.05) is 14.1 Å². The Morgan fingerprint density at radius 1 is 1.05 bits per heavy atom. The first-order valence-electron chi connectivity index (χ1n) is 8.28. The van der Waals surface area contributed by atoms with Gasteiger partial charge in [-0.2, -0.15) is 0 Å². The van der Waals surface area contributed by atoms with Crippen molar-refractivity contribution in [2.24, 2.45) is 0 Å². The average molecular weight is 332 g/mol. The van der Waals surface area contributed by atoms with Gasteiger partial charge in [-0.15, -0.1) is 5.73 Å². The molecule has 1 aromatic carbocycles. The Labute approximate surface area is 139 Å². The lowest BCUT2D eigenvalue weighted by atomic mass is 10.3. The van der Waals surface area contributed by atoms with E-state index in [1.54, 1.807) is 5.19 Å². The van der Waals surface area contributed by atoms with Crippen LogP contribution in [0.4, 0.5) is 0 Å². The predicted molar refractivity (Wildman–Crippen MR) is 106 cm³/mol. The summed E-state index contributed by atoms with van der Waals surface area (Å²) in [4.78, 5) is 2.43. The quantitative estimate of drug-likeness (QED) is 0.527. The second-order valence-electron chi connectivity index (χ2n) is 8.03. The zero-order chi connectivity index (χ0) is 16.8. The first kappa shape index (κ1) is 19.2. The van der Waals surface area contributed by atoms with Crippen LogP contribution >= 0.6 is 0 Å². The first-order valence-corrected chi connectivity index (χ1v) is 14.9. The summed E-state index contributed by atoms with van der Waals surface area (Å²) in [5, 5.41) is 1.55. The molecule has 1 nitrogen and oxygen atoms in total. The van der Waals surface area contributed by atoms with Gasteiger partial charge in [-0.25, -0.2) is 0 Å². The fourth-order valence-corrected chi connectivity index (χ4v) is 7.19. The highest BCUT2D eigenvalue weighted by Crippen LogP contribution is 2.18. The molecule has 0 amide bonds. The molecule has 3 heteroatoms. The number of nitrogens with zero attached hydrogens (tertiary/aromatic N) is 1. The lowest BCUT2D eigenvalue weighted by Gasteiger charge is -2.37. The molecular weight excluding hydrogens is 298 g/mol. The molecule has 0 saturated heterocycles. The summed E-state index contributed by atoms with van der Waals surface area (Å²) >= 11 is 0. The zero-order valence-electron chi connectivity index (χ0n) is 15.5. The van der Waals surface area contributed by atoms with Gasteiger partial charge in [0.15, 0.2) is 0 Å². The van der Waals surface area contributed by atoms with Crippen LogP contribution in [0.5, 0.6) is 0 Å². The van der Waals surface area contributed by atoms with Crippen LogP contribution in [0.3, 0.4) is 0 Å². The average Bonchev–Trinajstić information content (AvgIpc) is 2.41.